The first kappa shape index (κ1) is 21.8. The monoisotopic (exact) mass is 481 g/mol. The lowest BCUT2D eigenvalue weighted by atomic mass is 10.1. The van der Waals surface area contributed by atoms with E-state index in [1.807, 2.05) is 0 Å². The van der Waals surface area contributed by atoms with Gasteiger partial charge in [0.15, 0.2) is 0 Å². The topological polar surface area (TPSA) is 96.4 Å². The van der Waals surface area contributed by atoms with Gasteiger partial charge in [-0.05, 0) is 48.5 Å². The Morgan fingerprint density at radius 3 is 2.19 bits per heavy atom. The van der Waals surface area contributed by atoms with Crippen LogP contribution in [0, 0.1) is 0 Å². The molecule has 1 aliphatic rings. The van der Waals surface area contributed by atoms with E-state index in [1.165, 1.54) is 36.7 Å². The highest BCUT2D eigenvalue weighted by Crippen LogP contribution is 2.37. The summed E-state index contributed by atoms with van der Waals surface area (Å²) in [4.78, 5) is 30.1. The number of carbonyl (C=O) groups is 2. The Kier molecular flexibility index (Phi) is 5.18. The molecule has 0 unspecified atom stereocenters. The van der Waals surface area contributed by atoms with Crippen molar-refractivity contribution in [3.63, 3.8) is 0 Å². The Morgan fingerprint density at radius 2 is 1.59 bits per heavy atom. The van der Waals surface area contributed by atoms with Crippen LogP contribution in [0.2, 0.25) is 5.02 Å². The smallest absolute Gasteiger partial charge is 0.279 e. The largest absolute Gasteiger partial charge is 0.416 e. The molecule has 1 N–H and O–H groups in total. The van der Waals surface area contributed by atoms with Crippen molar-refractivity contribution in [1.29, 1.82) is 0 Å². The summed E-state index contributed by atoms with van der Waals surface area (Å²) < 4.78 is 65.9. The van der Waals surface area contributed by atoms with Crippen LogP contribution >= 0.6 is 11.6 Å². The maximum atomic E-state index is 13.0. The third-order valence-electron chi connectivity index (χ3n) is 4.63. The minimum atomic E-state index is -4.63. The zero-order valence-corrected chi connectivity index (χ0v) is 17.3. The fourth-order valence-corrected chi connectivity index (χ4v) is 4.47. The zero-order valence-electron chi connectivity index (χ0n) is 15.7. The van der Waals surface area contributed by atoms with Crippen LogP contribution in [0.4, 0.5) is 24.5 Å². The molecule has 3 aromatic rings. The van der Waals surface area contributed by atoms with E-state index in [4.69, 9.17) is 11.6 Å². The average molecular weight is 482 g/mol. The van der Waals surface area contributed by atoms with Crippen LogP contribution in [0.5, 0.6) is 0 Å². The highest BCUT2D eigenvalue weighted by atomic mass is 35.5. The molecular weight excluding hydrogens is 471 g/mol. The van der Waals surface area contributed by atoms with Gasteiger partial charge in [0.1, 0.15) is 0 Å². The van der Waals surface area contributed by atoms with Crippen LogP contribution in [0.15, 0.2) is 65.8 Å². The fourth-order valence-electron chi connectivity index (χ4n) is 3.16. The summed E-state index contributed by atoms with van der Waals surface area (Å²) in [6.45, 7) is 0. The number of anilines is 2. The SMILES string of the molecule is O=C1c2c(Cl)ccc(NS(=O)(=O)c3ccc(C(F)(F)F)cc3)c2C(=O)N1c1cccnc1. The van der Waals surface area contributed by atoms with E-state index in [1.54, 1.807) is 0 Å². The maximum absolute atomic E-state index is 13.0. The van der Waals surface area contributed by atoms with E-state index in [2.05, 4.69) is 9.71 Å². The van der Waals surface area contributed by atoms with E-state index in [-0.39, 0.29) is 27.5 Å². The summed E-state index contributed by atoms with van der Waals surface area (Å²) in [5, 5.41) is -0.0674. The fraction of sp³-hybridized carbons (Fsp3) is 0.0500. The molecule has 0 fully saturated rings. The highest BCUT2D eigenvalue weighted by molar-refractivity contribution is 7.92. The van der Waals surface area contributed by atoms with Gasteiger partial charge in [0.05, 0.1) is 44.2 Å². The van der Waals surface area contributed by atoms with Crippen LogP contribution in [-0.2, 0) is 16.2 Å². The first-order valence-corrected chi connectivity index (χ1v) is 10.7. The van der Waals surface area contributed by atoms with E-state index >= 15 is 0 Å². The Balaban J connectivity index is 1.74. The molecule has 0 bridgehead atoms. The summed E-state index contributed by atoms with van der Waals surface area (Å²) >= 11 is 6.10. The van der Waals surface area contributed by atoms with Crippen molar-refractivity contribution in [3.8, 4) is 0 Å². The van der Waals surface area contributed by atoms with Gasteiger partial charge in [0.25, 0.3) is 21.8 Å². The summed E-state index contributed by atoms with van der Waals surface area (Å²) in [7, 11) is -4.39. The Bertz CT molecular complexity index is 1340. The molecule has 0 spiro atoms. The van der Waals surface area contributed by atoms with Crippen molar-refractivity contribution in [2.75, 3.05) is 9.62 Å². The molecule has 4 rings (SSSR count). The van der Waals surface area contributed by atoms with Crippen LogP contribution in [0.25, 0.3) is 0 Å². The molecule has 12 heteroatoms. The second-order valence-corrected chi connectivity index (χ2v) is 8.72. The first-order valence-electron chi connectivity index (χ1n) is 8.82. The normalized spacial score (nSPS) is 13.9. The third kappa shape index (κ3) is 3.69. The summed E-state index contributed by atoms with van der Waals surface area (Å²) in [6, 6.07) is 8.23. The number of halogens is 4. The third-order valence-corrected chi connectivity index (χ3v) is 6.33. The van der Waals surface area contributed by atoms with Crippen molar-refractivity contribution >= 4 is 44.8 Å². The molecule has 1 aliphatic heterocycles. The summed E-state index contributed by atoms with van der Waals surface area (Å²) in [5.74, 6) is -1.59. The molecule has 0 saturated carbocycles. The maximum Gasteiger partial charge on any atom is 0.416 e. The van der Waals surface area contributed by atoms with Gasteiger partial charge < -0.3 is 0 Å². The molecule has 2 heterocycles. The average Bonchev–Trinajstić information content (AvgIpc) is 3.01. The number of benzene rings is 2. The molecule has 32 heavy (non-hydrogen) atoms. The van der Waals surface area contributed by atoms with E-state index in [9.17, 15) is 31.2 Å². The Morgan fingerprint density at radius 1 is 0.938 bits per heavy atom. The predicted molar refractivity (Wildman–Crippen MR) is 109 cm³/mol. The lowest BCUT2D eigenvalue weighted by Gasteiger charge is -2.14. The lowest BCUT2D eigenvalue weighted by Crippen LogP contribution is -2.29. The van der Waals surface area contributed by atoms with Crippen molar-refractivity contribution in [1.82, 2.24) is 4.98 Å². The van der Waals surface area contributed by atoms with Crippen molar-refractivity contribution in [3.05, 3.63) is 82.6 Å². The molecule has 2 aromatic carbocycles. The molecule has 2 amide bonds. The zero-order chi connectivity index (χ0) is 23.3. The second kappa shape index (κ2) is 7.61. The molecule has 0 radical (unpaired) electrons. The van der Waals surface area contributed by atoms with Crippen molar-refractivity contribution in [2.24, 2.45) is 0 Å². The minimum Gasteiger partial charge on any atom is -0.279 e. The van der Waals surface area contributed by atoms with Gasteiger partial charge in [-0.2, -0.15) is 13.2 Å². The predicted octanol–water partition coefficient (Wildman–Crippen LogP) is 4.36. The van der Waals surface area contributed by atoms with E-state index in [0.717, 1.165) is 17.0 Å². The minimum absolute atomic E-state index is 0.0674. The van der Waals surface area contributed by atoms with E-state index in [0.29, 0.717) is 12.1 Å². The molecule has 164 valence electrons. The van der Waals surface area contributed by atoms with Crippen LogP contribution in [0.1, 0.15) is 26.3 Å². The van der Waals surface area contributed by atoms with Gasteiger partial charge in [0, 0.05) is 6.20 Å². The van der Waals surface area contributed by atoms with Crippen molar-refractivity contribution in [2.45, 2.75) is 11.1 Å². The van der Waals surface area contributed by atoms with Crippen LogP contribution in [-0.4, -0.2) is 25.2 Å². The van der Waals surface area contributed by atoms with Gasteiger partial charge in [0.2, 0.25) is 0 Å². The van der Waals surface area contributed by atoms with E-state index < -0.39 is 38.5 Å². The standard InChI is InChI=1S/C20H11ClF3N3O4S/c21-14-7-8-15(26-32(30,31)13-5-3-11(4-6-13)20(22,23)24)17-16(14)18(28)27(19(17)29)12-2-1-9-25-10-12/h1-10,26H. The number of sulfonamides is 1. The number of pyridine rings is 1. The van der Waals surface area contributed by atoms with Gasteiger partial charge in [-0.3, -0.25) is 19.3 Å². The number of rotatable bonds is 4. The highest BCUT2D eigenvalue weighted by Gasteiger charge is 2.41. The van der Waals surface area contributed by atoms with Crippen LogP contribution < -0.4 is 9.62 Å². The van der Waals surface area contributed by atoms with Crippen molar-refractivity contribution < 1.29 is 31.2 Å². The lowest BCUT2D eigenvalue weighted by molar-refractivity contribution is -0.137. The number of nitrogens with one attached hydrogen (secondary N) is 1. The van der Waals surface area contributed by atoms with Gasteiger partial charge in [-0.25, -0.2) is 13.3 Å². The number of alkyl halides is 3. The van der Waals surface area contributed by atoms with Gasteiger partial charge >= 0.3 is 6.18 Å². The summed E-state index contributed by atoms with van der Waals surface area (Å²) in [5.41, 5.74) is -1.58. The Hall–Kier alpha value is -3.44. The first-order chi connectivity index (χ1) is 15.0. The molecule has 0 atom stereocenters. The molecule has 7 nitrogen and oxygen atoms in total. The van der Waals surface area contributed by atoms with Gasteiger partial charge in [-0.15, -0.1) is 0 Å². The molecular formula is C20H11ClF3N3O4S. The number of nitrogens with zero attached hydrogens (tertiary/aromatic N) is 2. The number of hydrogen-bond donors (Lipinski definition) is 1. The quantitative estimate of drug-likeness (QED) is 0.559. The Labute approximate surface area is 184 Å². The number of fused-ring (bicyclic) bond motifs is 1. The number of carbonyl (C=O) groups excluding carboxylic acids is 2. The molecule has 0 saturated heterocycles. The van der Waals surface area contributed by atoms with Crippen LogP contribution in [0.3, 0.4) is 0 Å². The molecule has 0 aliphatic carbocycles. The number of imide groups is 1. The second-order valence-electron chi connectivity index (χ2n) is 6.63. The number of aromatic nitrogens is 1. The van der Waals surface area contributed by atoms with Gasteiger partial charge in [-0.1, -0.05) is 11.6 Å². The number of hydrogen-bond acceptors (Lipinski definition) is 5. The molecule has 1 aromatic heterocycles. The number of amides is 2. The summed E-state index contributed by atoms with van der Waals surface area (Å²) in [6.07, 6.45) is -1.91.